The Labute approximate surface area is 125 Å². The van der Waals surface area contributed by atoms with Gasteiger partial charge in [-0.1, -0.05) is 0 Å². The number of anilines is 1. The minimum atomic E-state index is -0.357. The number of rotatable bonds is 4. The quantitative estimate of drug-likeness (QED) is 0.526. The summed E-state index contributed by atoms with van der Waals surface area (Å²) >= 11 is 0. The van der Waals surface area contributed by atoms with Crippen LogP contribution in [0.5, 0.6) is 0 Å². The molecule has 0 aliphatic carbocycles. The van der Waals surface area contributed by atoms with Gasteiger partial charge < -0.3 is 5.32 Å². The highest BCUT2D eigenvalue weighted by atomic mass is 19.1. The normalized spacial score (nSPS) is 16.8. The average molecular weight is 291 g/mol. The van der Waals surface area contributed by atoms with Gasteiger partial charge in [-0.3, -0.25) is 4.99 Å². The molecule has 2 heterocycles. The molecule has 1 aliphatic rings. The molecule has 1 aliphatic heterocycles. The van der Waals surface area contributed by atoms with Crippen LogP contribution in [0.1, 0.15) is 25.3 Å². The van der Waals surface area contributed by atoms with E-state index < -0.39 is 0 Å². The minimum Gasteiger partial charge on any atom is -0.317 e. The molecule has 6 heteroatoms. The van der Waals surface area contributed by atoms with Crippen molar-refractivity contribution >= 4 is 18.4 Å². The third-order valence-electron chi connectivity index (χ3n) is 3.70. The van der Waals surface area contributed by atoms with Crippen LogP contribution in [0.2, 0.25) is 0 Å². The second-order valence-corrected chi connectivity index (χ2v) is 5.33. The van der Waals surface area contributed by atoms with Gasteiger partial charge in [0.15, 0.2) is 5.82 Å². The van der Waals surface area contributed by atoms with Gasteiger partial charge >= 0.3 is 0 Å². The lowest BCUT2D eigenvalue weighted by Gasteiger charge is -2.22. The summed E-state index contributed by atoms with van der Waals surface area (Å²) in [7, 11) is 0. The maximum Gasteiger partial charge on any atom is 0.158 e. The monoisotopic (exact) mass is 291 g/mol. The SMILES string of the molecule is C=NN(C(C)=NCC1CCNCC1)c1ncc(F)cc1C. The zero-order valence-corrected chi connectivity index (χ0v) is 12.6. The Morgan fingerprint density at radius 3 is 2.86 bits per heavy atom. The Balaban J connectivity index is 2.10. The summed E-state index contributed by atoms with van der Waals surface area (Å²) in [5.74, 6) is 1.54. The summed E-state index contributed by atoms with van der Waals surface area (Å²) in [5.41, 5.74) is 0.707. The molecule has 0 radical (unpaired) electrons. The first-order valence-corrected chi connectivity index (χ1v) is 7.22. The van der Waals surface area contributed by atoms with E-state index in [2.05, 4.69) is 27.1 Å². The standard InChI is InChI=1S/C15H22FN5/c1-11-8-14(16)10-20-15(11)21(17-3)12(2)19-9-13-4-6-18-7-5-13/h8,10,13,18H,3-7,9H2,1-2H3. The third kappa shape index (κ3) is 4.07. The molecule has 1 fully saturated rings. The summed E-state index contributed by atoms with van der Waals surface area (Å²) in [6.07, 6.45) is 3.47. The maximum atomic E-state index is 13.1. The van der Waals surface area contributed by atoms with Crippen LogP contribution in [-0.2, 0) is 0 Å². The van der Waals surface area contributed by atoms with Gasteiger partial charge in [-0.15, -0.1) is 0 Å². The van der Waals surface area contributed by atoms with Crippen LogP contribution in [0.4, 0.5) is 10.2 Å². The average Bonchev–Trinajstić information content (AvgIpc) is 2.49. The molecule has 0 saturated carbocycles. The Morgan fingerprint density at radius 2 is 2.24 bits per heavy atom. The molecule has 1 aromatic rings. The van der Waals surface area contributed by atoms with Crippen LogP contribution in [0.25, 0.3) is 0 Å². The number of aromatic nitrogens is 1. The van der Waals surface area contributed by atoms with Crippen LogP contribution in [0.15, 0.2) is 22.4 Å². The number of piperidine rings is 1. The van der Waals surface area contributed by atoms with Crippen LogP contribution in [-0.4, -0.2) is 37.2 Å². The lowest BCUT2D eigenvalue weighted by molar-refractivity contribution is 0.383. The van der Waals surface area contributed by atoms with Gasteiger partial charge in [0.25, 0.3) is 0 Å². The van der Waals surface area contributed by atoms with Crippen molar-refractivity contribution in [3.05, 3.63) is 23.6 Å². The number of aliphatic imine (C=N–C) groups is 1. The number of halogens is 1. The molecule has 0 unspecified atom stereocenters. The van der Waals surface area contributed by atoms with Crippen molar-refractivity contribution in [2.24, 2.45) is 16.0 Å². The highest BCUT2D eigenvalue weighted by Gasteiger charge is 2.15. The Morgan fingerprint density at radius 1 is 1.52 bits per heavy atom. The second kappa shape index (κ2) is 7.26. The summed E-state index contributed by atoms with van der Waals surface area (Å²) in [5, 5.41) is 8.87. The van der Waals surface area contributed by atoms with Gasteiger partial charge in [0.05, 0.1) is 6.20 Å². The second-order valence-electron chi connectivity index (χ2n) is 5.33. The van der Waals surface area contributed by atoms with Crippen LogP contribution in [0.3, 0.4) is 0 Å². The Kier molecular flexibility index (Phi) is 5.38. The molecular formula is C15H22FN5. The molecule has 1 aromatic heterocycles. The summed E-state index contributed by atoms with van der Waals surface area (Å²) in [6.45, 7) is 10.1. The zero-order chi connectivity index (χ0) is 15.2. The molecule has 2 rings (SSSR count). The lowest BCUT2D eigenvalue weighted by Crippen LogP contribution is -2.30. The van der Waals surface area contributed by atoms with E-state index in [0.717, 1.165) is 38.3 Å². The van der Waals surface area contributed by atoms with Crippen LogP contribution < -0.4 is 10.3 Å². The molecule has 0 atom stereocenters. The van der Waals surface area contributed by atoms with Crippen LogP contribution in [0, 0.1) is 18.7 Å². The first kappa shape index (κ1) is 15.6. The molecule has 0 amide bonds. The fraction of sp³-hybridized carbons (Fsp3) is 0.533. The smallest absolute Gasteiger partial charge is 0.158 e. The van der Waals surface area contributed by atoms with E-state index >= 15 is 0 Å². The fourth-order valence-corrected chi connectivity index (χ4v) is 2.47. The van der Waals surface area contributed by atoms with Gasteiger partial charge in [-0.05, 0) is 57.3 Å². The molecule has 1 saturated heterocycles. The van der Waals surface area contributed by atoms with E-state index in [-0.39, 0.29) is 5.82 Å². The van der Waals surface area contributed by atoms with Gasteiger partial charge in [0, 0.05) is 13.3 Å². The first-order chi connectivity index (χ1) is 10.1. The summed E-state index contributed by atoms with van der Waals surface area (Å²) in [6, 6.07) is 1.43. The number of hydrazone groups is 1. The van der Waals surface area contributed by atoms with E-state index in [1.807, 2.05) is 6.92 Å². The van der Waals surface area contributed by atoms with E-state index in [1.54, 1.807) is 11.9 Å². The van der Waals surface area contributed by atoms with Crippen molar-refractivity contribution in [3.63, 3.8) is 0 Å². The van der Waals surface area contributed by atoms with Gasteiger partial charge in [0.1, 0.15) is 11.7 Å². The summed E-state index contributed by atoms with van der Waals surface area (Å²) in [4.78, 5) is 8.70. The molecular weight excluding hydrogens is 269 g/mol. The zero-order valence-electron chi connectivity index (χ0n) is 12.6. The van der Waals surface area contributed by atoms with Gasteiger partial charge in [-0.2, -0.15) is 5.10 Å². The lowest BCUT2D eigenvalue weighted by atomic mass is 9.98. The summed E-state index contributed by atoms with van der Waals surface area (Å²) < 4.78 is 13.1. The largest absolute Gasteiger partial charge is 0.317 e. The highest BCUT2D eigenvalue weighted by molar-refractivity contribution is 5.95. The number of amidine groups is 1. The van der Waals surface area contributed by atoms with E-state index in [1.165, 1.54) is 12.3 Å². The minimum absolute atomic E-state index is 0.357. The van der Waals surface area contributed by atoms with Crippen molar-refractivity contribution in [1.29, 1.82) is 0 Å². The fourth-order valence-electron chi connectivity index (χ4n) is 2.47. The third-order valence-corrected chi connectivity index (χ3v) is 3.70. The maximum absolute atomic E-state index is 13.1. The number of nitrogens with zero attached hydrogens (tertiary/aromatic N) is 4. The first-order valence-electron chi connectivity index (χ1n) is 7.22. The van der Waals surface area contributed by atoms with Crippen molar-refractivity contribution in [3.8, 4) is 0 Å². The highest BCUT2D eigenvalue weighted by Crippen LogP contribution is 2.19. The number of pyridine rings is 1. The number of hydrogen-bond donors (Lipinski definition) is 1. The van der Waals surface area contributed by atoms with Crippen molar-refractivity contribution in [1.82, 2.24) is 10.3 Å². The van der Waals surface area contributed by atoms with Gasteiger partial charge in [0.2, 0.25) is 0 Å². The van der Waals surface area contributed by atoms with Crippen molar-refractivity contribution < 1.29 is 4.39 Å². The number of hydrogen-bond acceptors (Lipinski definition) is 4. The topological polar surface area (TPSA) is 52.9 Å². The molecule has 5 nitrogen and oxygen atoms in total. The van der Waals surface area contributed by atoms with Crippen LogP contribution >= 0.6 is 0 Å². The number of aryl methyl sites for hydroxylation is 1. The molecule has 0 aromatic carbocycles. The molecule has 0 spiro atoms. The van der Waals surface area contributed by atoms with E-state index in [4.69, 9.17) is 0 Å². The predicted octanol–water partition coefficient (Wildman–Crippen LogP) is 2.37. The van der Waals surface area contributed by atoms with E-state index in [9.17, 15) is 4.39 Å². The van der Waals surface area contributed by atoms with E-state index in [0.29, 0.717) is 17.3 Å². The number of nitrogens with one attached hydrogen (secondary N) is 1. The van der Waals surface area contributed by atoms with Crippen molar-refractivity contribution in [2.45, 2.75) is 26.7 Å². The Hall–Kier alpha value is -1.82. The molecule has 1 N–H and O–H groups in total. The van der Waals surface area contributed by atoms with Crippen molar-refractivity contribution in [2.75, 3.05) is 24.6 Å². The molecule has 0 bridgehead atoms. The molecule has 21 heavy (non-hydrogen) atoms. The molecule has 114 valence electrons. The van der Waals surface area contributed by atoms with Gasteiger partial charge in [-0.25, -0.2) is 14.4 Å². The Bertz CT molecular complexity index is 523. The predicted molar refractivity (Wildman–Crippen MR) is 84.5 cm³/mol.